The van der Waals surface area contributed by atoms with Crippen LogP contribution in [0.2, 0.25) is 0 Å². The van der Waals surface area contributed by atoms with Crippen LogP contribution in [0.3, 0.4) is 0 Å². The molecule has 1 aliphatic heterocycles. The lowest BCUT2D eigenvalue weighted by Gasteiger charge is -2.19. The summed E-state index contributed by atoms with van der Waals surface area (Å²) in [6.07, 6.45) is 1.55. The van der Waals surface area contributed by atoms with E-state index in [2.05, 4.69) is 15.9 Å². The van der Waals surface area contributed by atoms with Crippen molar-refractivity contribution in [2.24, 2.45) is 11.8 Å². The van der Waals surface area contributed by atoms with E-state index < -0.39 is 0 Å². The molecule has 4 nitrogen and oxygen atoms in total. The van der Waals surface area contributed by atoms with Crippen molar-refractivity contribution >= 4 is 21.8 Å². The van der Waals surface area contributed by atoms with Crippen molar-refractivity contribution in [3.05, 3.63) is 28.5 Å². The number of aliphatic hydroxyl groups is 1. The molecule has 1 amide bonds. The van der Waals surface area contributed by atoms with E-state index in [1.807, 2.05) is 0 Å². The zero-order valence-corrected chi connectivity index (χ0v) is 13.1. The van der Waals surface area contributed by atoms with Crippen LogP contribution < -0.4 is 4.74 Å². The third-order valence-electron chi connectivity index (χ3n) is 4.42. The number of fused-ring (bicyclic) bond motifs is 1. The summed E-state index contributed by atoms with van der Waals surface area (Å²) in [5, 5.41) is 9.86. The number of likely N-dealkylation sites (tertiary alicyclic amines) is 1. The molecule has 0 bridgehead atoms. The maximum atomic E-state index is 13.0. The molecule has 0 radical (unpaired) electrons. The molecule has 6 heteroatoms. The van der Waals surface area contributed by atoms with Crippen LogP contribution in [-0.2, 0) is 4.79 Å². The monoisotopic (exact) mass is 357 g/mol. The summed E-state index contributed by atoms with van der Waals surface area (Å²) in [4.78, 5) is 13.9. The molecule has 0 spiro atoms. The lowest BCUT2D eigenvalue weighted by atomic mass is 10.00. The standard InChI is InChI=1S/C15H17BrFNO3/c16-12-5-10(17)2-4-14(12)21-8-15(20)18-6-9-1-3-13(19)11(9)7-18/h2,4-5,9,11,13,19H,1,3,6-8H2. The van der Waals surface area contributed by atoms with Gasteiger partial charge in [-0.25, -0.2) is 4.39 Å². The summed E-state index contributed by atoms with van der Waals surface area (Å²) in [5.74, 6) is 0.631. The van der Waals surface area contributed by atoms with Gasteiger partial charge in [-0.1, -0.05) is 0 Å². The number of ether oxygens (including phenoxy) is 1. The molecule has 1 saturated carbocycles. The highest BCUT2D eigenvalue weighted by Gasteiger charge is 2.43. The molecule has 21 heavy (non-hydrogen) atoms. The zero-order chi connectivity index (χ0) is 15.0. The van der Waals surface area contributed by atoms with Crippen LogP contribution in [0.1, 0.15) is 12.8 Å². The van der Waals surface area contributed by atoms with Crippen LogP contribution in [-0.4, -0.2) is 41.7 Å². The van der Waals surface area contributed by atoms with E-state index in [9.17, 15) is 14.3 Å². The van der Waals surface area contributed by atoms with Crippen LogP contribution in [0.4, 0.5) is 4.39 Å². The number of carbonyl (C=O) groups is 1. The molecule has 1 N–H and O–H groups in total. The molecule has 3 rings (SSSR count). The second-order valence-electron chi connectivity index (χ2n) is 5.73. The fourth-order valence-corrected chi connectivity index (χ4v) is 3.73. The Morgan fingerprint density at radius 3 is 2.95 bits per heavy atom. The first-order valence-electron chi connectivity index (χ1n) is 7.08. The molecule has 3 atom stereocenters. The third kappa shape index (κ3) is 3.06. The number of nitrogens with zero attached hydrogens (tertiary/aromatic N) is 1. The lowest BCUT2D eigenvalue weighted by Crippen LogP contribution is -2.34. The van der Waals surface area contributed by atoms with Gasteiger partial charge >= 0.3 is 0 Å². The molecule has 1 saturated heterocycles. The lowest BCUT2D eigenvalue weighted by molar-refractivity contribution is -0.132. The quantitative estimate of drug-likeness (QED) is 0.901. The zero-order valence-electron chi connectivity index (χ0n) is 11.5. The number of benzene rings is 1. The number of rotatable bonds is 3. The number of amides is 1. The van der Waals surface area contributed by atoms with Gasteiger partial charge in [-0.05, 0) is 52.9 Å². The normalized spacial score (nSPS) is 27.8. The minimum Gasteiger partial charge on any atom is -0.483 e. The van der Waals surface area contributed by atoms with E-state index in [0.29, 0.717) is 29.2 Å². The van der Waals surface area contributed by atoms with Crippen LogP contribution >= 0.6 is 15.9 Å². The Labute approximate surface area is 131 Å². The highest BCUT2D eigenvalue weighted by molar-refractivity contribution is 9.10. The Bertz CT molecular complexity index is 554. The van der Waals surface area contributed by atoms with Gasteiger partial charge in [0.1, 0.15) is 11.6 Å². The van der Waals surface area contributed by atoms with E-state index in [4.69, 9.17) is 4.74 Å². The second-order valence-corrected chi connectivity index (χ2v) is 6.59. The fourth-order valence-electron chi connectivity index (χ4n) is 3.26. The molecule has 2 aliphatic rings. The molecule has 1 aromatic rings. The molecule has 3 unspecified atom stereocenters. The van der Waals surface area contributed by atoms with Gasteiger partial charge in [0, 0.05) is 19.0 Å². The average Bonchev–Trinajstić information content (AvgIpc) is 3.00. The predicted molar refractivity (Wildman–Crippen MR) is 78.4 cm³/mol. The van der Waals surface area contributed by atoms with Crippen LogP contribution in [0.25, 0.3) is 0 Å². The summed E-state index contributed by atoms with van der Waals surface area (Å²) < 4.78 is 18.9. The van der Waals surface area contributed by atoms with Gasteiger partial charge in [0.05, 0.1) is 10.6 Å². The van der Waals surface area contributed by atoms with Crippen molar-refractivity contribution in [1.82, 2.24) is 4.90 Å². The summed E-state index contributed by atoms with van der Waals surface area (Å²) in [6.45, 7) is 1.24. The van der Waals surface area contributed by atoms with Crippen molar-refractivity contribution in [2.75, 3.05) is 19.7 Å². The SMILES string of the molecule is O=C(COc1ccc(F)cc1Br)N1CC2CCC(O)C2C1. The summed E-state index contributed by atoms with van der Waals surface area (Å²) >= 11 is 3.21. The van der Waals surface area contributed by atoms with Crippen molar-refractivity contribution in [3.8, 4) is 5.75 Å². The molecule has 1 aliphatic carbocycles. The highest BCUT2D eigenvalue weighted by Crippen LogP contribution is 2.38. The topological polar surface area (TPSA) is 49.8 Å². The van der Waals surface area contributed by atoms with Gasteiger partial charge in [-0.15, -0.1) is 0 Å². The Morgan fingerprint density at radius 1 is 1.43 bits per heavy atom. The molecule has 0 aromatic heterocycles. The van der Waals surface area contributed by atoms with Crippen LogP contribution in [0.15, 0.2) is 22.7 Å². The molecule has 1 heterocycles. The molecular formula is C15H17BrFNO3. The van der Waals surface area contributed by atoms with E-state index >= 15 is 0 Å². The van der Waals surface area contributed by atoms with Gasteiger partial charge in [0.2, 0.25) is 0 Å². The number of hydrogen-bond acceptors (Lipinski definition) is 3. The van der Waals surface area contributed by atoms with Crippen LogP contribution in [0, 0.1) is 17.7 Å². The number of hydrogen-bond donors (Lipinski definition) is 1. The van der Waals surface area contributed by atoms with Crippen molar-refractivity contribution < 1.29 is 19.0 Å². The maximum Gasteiger partial charge on any atom is 0.260 e. The Morgan fingerprint density at radius 2 is 2.24 bits per heavy atom. The first kappa shape index (κ1) is 14.8. The van der Waals surface area contributed by atoms with Crippen molar-refractivity contribution in [3.63, 3.8) is 0 Å². The minimum absolute atomic E-state index is 0.0697. The Hall–Kier alpha value is -1.14. The van der Waals surface area contributed by atoms with Gasteiger partial charge in [-0.3, -0.25) is 4.79 Å². The van der Waals surface area contributed by atoms with E-state index in [-0.39, 0.29) is 30.4 Å². The maximum absolute atomic E-state index is 13.0. The predicted octanol–water partition coefficient (Wildman–Crippen LogP) is 2.20. The first-order chi connectivity index (χ1) is 10.0. The van der Waals surface area contributed by atoms with Gasteiger partial charge in [-0.2, -0.15) is 0 Å². The highest BCUT2D eigenvalue weighted by atomic mass is 79.9. The number of aliphatic hydroxyl groups excluding tert-OH is 1. The summed E-state index contributed by atoms with van der Waals surface area (Å²) in [6, 6.07) is 4.09. The first-order valence-corrected chi connectivity index (χ1v) is 7.87. The summed E-state index contributed by atoms with van der Waals surface area (Å²) in [5.41, 5.74) is 0. The second kappa shape index (κ2) is 5.93. The molecule has 2 fully saturated rings. The third-order valence-corrected chi connectivity index (χ3v) is 5.04. The molecule has 1 aromatic carbocycles. The average molecular weight is 358 g/mol. The smallest absolute Gasteiger partial charge is 0.260 e. The Kier molecular flexibility index (Phi) is 4.17. The van der Waals surface area contributed by atoms with Crippen molar-refractivity contribution in [1.29, 1.82) is 0 Å². The minimum atomic E-state index is -0.359. The number of carbonyl (C=O) groups excluding carboxylic acids is 1. The van der Waals surface area contributed by atoms with Crippen LogP contribution in [0.5, 0.6) is 5.75 Å². The van der Waals surface area contributed by atoms with E-state index in [0.717, 1.165) is 12.8 Å². The van der Waals surface area contributed by atoms with Gasteiger partial charge in [0.15, 0.2) is 6.61 Å². The largest absolute Gasteiger partial charge is 0.483 e. The van der Waals surface area contributed by atoms with Gasteiger partial charge in [0.25, 0.3) is 5.91 Å². The summed E-state index contributed by atoms with van der Waals surface area (Å²) in [7, 11) is 0. The fraction of sp³-hybridized carbons (Fsp3) is 0.533. The van der Waals surface area contributed by atoms with Gasteiger partial charge < -0.3 is 14.7 Å². The number of halogens is 2. The van der Waals surface area contributed by atoms with Crippen molar-refractivity contribution in [2.45, 2.75) is 18.9 Å². The Balaban J connectivity index is 1.55. The van der Waals surface area contributed by atoms with E-state index in [1.165, 1.54) is 18.2 Å². The van der Waals surface area contributed by atoms with E-state index in [1.54, 1.807) is 4.90 Å². The molecule has 114 valence electrons. The molecular weight excluding hydrogens is 341 g/mol.